The quantitative estimate of drug-likeness (QED) is 0.365. The molecule has 0 radical (unpaired) electrons. The van der Waals surface area contributed by atoms with E-state index in [0.717, 1.165) is 34.3 Å². The number of aryl methyl sites for hydroxylation is 3. The lowest BCUT2D eigenvalue weighted by Crippen LogP contribution is -2.32. The summed E-state index contributed by atoms with van der Waals surface area (Å²) in [5.74, 6) is -0.181. The fourth-order valence-electron chi connectivity index (χ4n) is 3.57. The number of thiazole rings is 1. The summed E-state index contributed by atoms with van der Waals surface area (Å²) < 4.78 is 27.3. The van der Waals surface area contributed by atoms with E-state index in [2.05, 4.69) is 11.1 Å². The summed E-state index contributed by atoms with van der Waals surface area (Å²) >= 11 is 1.49. The molecule has 0 unspecified atom stereocenters. The zero-order valence-electron chi connectivity index (χ0n) is 18.9. The Bertz CT molecular complexity index is 1380. The summed E-state index contributed by atoms with van der Waals surface area (Å²) in [5.41, 5.74) is 3.60. The van der Waals surface area contributed by atoms with Gasteiger partial charge in [0.2, 0.25) is 0 Å². The fraction of sp³-hybridized carbons (Fsp3) is 0.292. The number of anilines is 1. The molecule has 2 aromatic carbocycles. The smallest absolute Gasteiger partial charge is 0.260 e. The molecule has 0 atom stereocenters. The first kappa shape index (κ1) is 23.1. The number of hydrogen-bond acceptors (Lipinski definition) is 6. The maximum absolute atomic E-state index is 13.5. The topological polar surface area (TPSA) is 85.2 Å². The maximum Gasteiger partial charge on any atom is 0.260 e. The first-order chi connectivity index (χ1) is 15.8. The Labute approximate surface area is 197 Å². The van der Waals surface area contributed by atoms with E-state index in [1.54, 1.807) is 36.5 Å². The van der Waals surface area contributed by atoms with Gasteiger partial charge in [-0.3, -0.25) is 9.69 Å². The van der Waals surface area contributed by atoms with Crippen LogP contribution in [0.15, 0.2) is 60.0 Å². The number of aromatic nitrogens is 3. The molecule has 0 fully saturated rings. The van der Waals surface area contributed by atoms with Crippen LogP contribution in [0, 0.1) is 13.8 Å². The minimum Gasteiger partial charge on any atom is -0.337 e. The van der Waals surface area contributed by atoms with Crippen LogP contribution in [0.25, 0.3) is 10.2 Å². The van der Waals surface area contributed by atoms with Crippen molar-refractivity contribution in [2.45, 2.75) is 38.6 Å². The first-order valence-electron chi connectivity index (χ1n) is 10.8. The average Bonchev–Trinajstić information content (AvgIpc) is 3.49. The van der Waals surface area contributed by atoms with Gasteiger partial charge in [-0.25, -0.2) is 18.4 Å². The SMILES string of the molecule is CCS(=O)(=O)c1ccc(C(=O)N(CCCn2ccnc2)c2nc3c(C)c(C)ccc3s2)cc1. The molecule has 33 heavy (non-hydrogen) atoms. The minimum atomic E-state index is -3.32. The number of benzene rings is 2. The molecule has 0 saturated carbocycles. The van der Waals surface area contributed by atoms with Gasteiger partial charge in [0.1, 0.15) is 0 Å². The van der Waals surface area contributed by atoms with Gasteiger partial charge in [0.15, 0.2) is 15.0 Å². The van der Waals surface area contributed by atoms with Crippen LogP contribution in [0.2, 0.25) is 0 Å². The van der Waals surface area contributed by atoms with Gasteiger partial charge in [0.25, 0.3) is 5.91 Å². The summed E-state index contributed by atoms with van der Waals surface area (Å²) in [7, 11) is -3.32. The van der Waals surface area contributed by atoms with Gasteiger partial charge in [-0.2, -0.15) is 0 Å². The lowest BCUT2D eigenvalue weighted by Gasteiger charge is -2.20. The second kappa shape index (κ2) is 9.44. The Balaban J connectivity index is 1.66. The van der Waals surface area contributed by atoms with Crippen molar-refractivity contribution in [3.8, 4) is 0 Å². The number of rotatable bonds is 8. The molecule has 0 N–H and O–H groups in total. The van der Waals surface area contributed by atoms with Crippen molar-refractivity contribution in [2.75, 3.05) is 17.2 Å². The van der Waals surface area contributed by atoms with Crippen LogP contribution in [0.5, 0.6) is 0 Å². The highest BCUT2D eigenvalue weighted by Crippen LogP contribution is 2.33. The number of carbonyl (C=O) groups excluding carboxylic acids is 1. The first-order valence-corrected chi connectivity index (χ1v) is 13.2. The zero-order valence-corrected chi connectivity index (χ0v) is 20.5. The summed E-state index contributed by atoms with van der Waals surface area (Å²) in [6.07, 6.45) is 6.09. The average molecular weight is 483 g/mol. The Morgan fingerprint density at radius 3 is 2.55 bits per heavy atom. The van der Waals surface area contributed by atoms with E-state index in [9.17, 15) is 13.2 Å². The van der Waals surface area contributed by atoms with Gasteiger partial charge < -0.3 is 4.57 Å². The number of fused-ring (bicyclic) bond motifs is 1. The Kier molecular flexibility index (Phi) is 6.62. The van der Waals surface area contributed by atoms with Crippen molar-refractivity contribution < 1.29 is 13.2 Å². The van der Waals surface area contributed by atoms with Crippen molar-refractivity contribution in [3.63, 3.8) is 0 Å². The number of sulfone groups is 1. The number of imidazole rings is 1. The summed E-state index contributed by atoms with van der Waals surface area (Å²) in [6.45, 7) is 6.89. The van der Waals surface area contributed by atoms with Crippen LogP contribution >= 0.6 is 11.3 Å². The predicted octanol–water partition coefficient (Wildman–Crippen LogP) is 4.64. The largest absolute Gasteiger partial charge is 0.337 e. The van der Waals surface area contributed by atoms with E-state index >= 15 is 0 Å². The van der Waals surface area contributed by atoms with E-state index in [0.29, 0.717) is 17.2 Å². The van der Waals surface area contributed by atoms with Crippen molar-refractivity contribution in [1.82, 2.24) is 14.5 Å². The van der Waals surface area contributed by atoms with Crippen LogP contribution < -0.4 is 4.90 Å². The number of carbonyl (C=O) groups is 1. The molecule has 9 heteroatoms. The molecule has 4 rings (SSSR count). The van der Waals surface area contributed by atoms with Crippen molar-refractivity contribution in [1.29, 1.82) is 0 Å². The highest BCUT2D eigenvalue weighted by molar-refractivity contribution is 7.91. The van der Waals surface area contributed by atoms with Crippen LogP contribution in [0.4, 0.5) is 5.13 Å². The van der Waals surface area contributed by atoms with E-state index in [1.807, 2.05) is 30.7 Å². The number of nitrogens with zero attached hydrogens (tertiary/aromatic N) is 4. The van der Waals surface area contributed by atoms with E-state index in [1.165, 1.54) is 23.5 Å². The van der Waals surface area contributed by atoms with Gasteiger partial charge in [-0.05, 0) is 61.7 Å². The third-order valence-corrected chi connectivity index (χ3v) is 8.54. The van der Waals surface area contributed by atoms with Gasteiger partial charge in [0, 0.05) is 31.0 Å². The molecule has 172 valence electrons. The molecular weight excluding hydrogens is 456 g/mol. The molecule has 1 amide bonds. The number of amides is 1. The predicted molar refractivity (Wildman–Crippen MR) is 132 cm³/mol. The lowest BCUT2D eigenvalue weighted by atomic mass is 10.1. The molecular formula is C24H26N4O3S2. The molecule has 4 aromatic rings. The van der Waals surface area contributed by atoms with Gasteiger partial charge >= 0.3 is 0 Å². The molecule has 2 aromatic heterocycles. The van der Waals surface area contributed by atoms with Crippen molar-refractivity contribution in [3.05, 3.63) is 71.8 Å². The highest BCUT2D eigenvalue weighted by Gasteiger charge is 2.22. The van der Waals surface area contributed by atoms with Crippen LogP contribution in [-0.2, 0) is 16.4 Å². The Morgan fingerprint density at radius 1 is 1.12 bits per heavy atom. The second-order valence-corrected chi connectivity index (χ2v) is 11.2. The normalized spacial score (nSPS) is 11.7. The third-order valence-electron chi connectivity index (χ3n) is 5.75. The minimum absolute atomic E-state index is 0.0190. The van der Waals surface area contributed by atoms with E-state index in [-0.39, 0.29) is 16.6 Å². The Hall–Kier alpha value is -3.04. The Morgan fingerprint density at radius 2 is 1.88 bits per heavy atom. The molecule has 2 heterocycles. The molecule has 7 nitrogen and oxygen atoms in total. The standard InChI is InChI=1S/C24H26N4O3S2/c1-4-33(30,31)20-9-7-19(8-10-20)23(29)28(14-5-13-27-15-12-25-16-27)24-26-22-18(3)17(2)6-11-21(22)32-24/h6-12,15-16H,4-5,13-14H2,1-3H3. The highest BCUT2D eigenvalue weighted by atomic mass is 32.2. The van der Waals surface area contributed by atoms with Crippen LogP contribution in [0.1, 0.15) is 34.8 Å². The molecule has 0 spiro atoms. The van der Waals surface area contributed by atoms with Crippen LogP contribution in [-0.4, -0.2) is 41.2 Å². The summed E-state index contributed by atoms with van der Waals surface area (Å²) in [4.78, 5) is 24.3. The van der Waals surface area contributed by atoms with Gasteiger partial charge in [-0.1, -0.05) is 24.3 Å². The van der Waals surface area contributed by atoms with Crippen molar-refractivity contribution >= 4 is 42.4 Å². The van der Waals surface area contributed by atoms with Gasteiger partial charge in [-0.15, -0.1) is 0 Å². The maximum atomic E-state index is 13.5. The molecule has 0 saturated heterocycles. The second-order valence-electron chi connectivity index (χ2n) is 7.89. The van der Waals surface area contributed by atoms with E-state index in [4.69, 9.17) is 4.98 Å². The molecule has 0 aliphatic heterocycles. The fourth-order valence-corrected chi connectivity index (χ4v) is 5.51. The lowest BCUT2D eigenvalue weighted by molar-refractivity contribution is 0.0986. The number of hydrogen-bond donors (Lipinski definition) is 0. The summed E-state index contributed by atoms with van der Waals surface area (Å²) in [6, 6.07) is 10.3. The molecule has 0 aliphatic carbocycles. The molecule has 0 aliphatic rings. The zero-order chi connectivity index (χ0) is 23.6. The van der Waals surface area contributed by atoms with Gasteiger partial charge in [0.05, 0.1) is 27.2 Å². The van der Waals surface area contributed by atoms with Crippen LogP contribution in [0.3, 0.4) is 0 Å². The third kappa shape index (κ3) is 4.84. The van der Waals surface area contributed by atoms with Crippen molar-refractivity contribution in [2.24, 2.45) is 0 Å². The molecule has 0 bridgehead atoms. The monoisotopic (exact) mass is 482 g/mol. The summed E-state index contributed by atoms with van der Waals surface area (Å²) in [5, 5.41) is 0.639. The van der Waals surface area contributed by atoms with E-state index < -0.39 is 9.84 Å².